The normalized spacial score (nSPS) is 11.6. The van der Waals surface area contributed by atoms with Crippen molar-refractivity contribution in [2.75, 3.05) is 6.61 Å². The fraction of sp³-hybridized carbons (Fsp3) is 0.273. The number of rotatable bonds is 8. The van der Waals surface area contributed by atoms with Gasteiger partial charge in [0.2, 0.25) is 11.8 Å². The molecule has 0 aliphatic heterocycles. The first-order chi connectivity index (χ1) is 15.5. The summed E-state index contributed by atoms with van der Waals surface area (Å²) in [6, 6.07) is 6.60. The number of hydrogen-bond acceptors (Lipinski definition) is 5. The highest BCUT2D eigenvalue weighted by Gasteiger charge is 2.28. The Balaban J connectivity index is 2.01. The van der Waals surface area contributed by atoms with E-state index >= 15 is 0 Å². The Morgan fingerprint density at radius 1 is 1.27 bits per heavy atom. The number of halogens is 4. The number of aromatic amines is 1. The summed E-state index contributed by atoms with van der Waals surface area (Å²) in [6.07, 6.45) is -1.22. The molecule has 1 aromatic carbocycles. The molecule has 0 fully saturated rings. The van der Waals surface area contributed by atoms with Gasteiger partial charge in [0.1, 0.15) is 11.6 Å². The van der Waals surface area contributed by atoms with Gasteiger partial charge in [-0.05, 0) is 24.1 Å². The van der Waals surface area contributed by atoms with Gasteiger partial charge in [0, 0.05) is 29.3 Å². The largest absolute Gasteiger partial charge is 0.472 e. The van der Waals surface area contributed by atoms with Crippen LogP contribution >= 0.6 is 11.6 Å². The monoisotopic (exact) mass is 480 g/mol. The molecule has 0 bridgehead atoms. The van der Waals surface area contributed by atoms with Crippen molar-refractivity contribution in [1.82, 2.24) is 15.0 Å². The maximum Gasteiger partial charge on any atom is 0.272 e. The van der Waals surface area contributed by atoms with Crippen molar-refractivity contribution in [1.29, 1.82) is 0 Å². The molecular formula is C22H20ClF3N4O3. The van der Waals surface area contributed by atoms with Gasteiger partial charge in [-0.1, -0.05) is 31.5 Å². The third-order valence-electron chi connectivity index (χ3n) is 4.84. The number of benzene rings is 1. The molecule has 1 amide bonds. The maximum atomic E-state index is 14.7. The molecule has 3 rings (SSSR count). The molecule has 0 saturated heterocycles. The molecule has 2 aromatic heterocycles. The first kappa shape index (κ1) is 24.2. The Morgan fingerprint density at radius 2 is 2.00 bits per heavy atom. The summed E-state index contributed by atoms with van der Waals surface area (Å²) in [5.41, 5.74) is 4.74. The van der Waals surface area contributed by atoms with Gasteiger partial charge in [0.15, 0.2) is 6.61 Å². The Morgan fingerprint density at radius 3 is 2.61 bits per heavy atom. The van der Waals surface area contributed by atoms with E-state index in [9.17, 15) is 22.8 Å². The van der Waals surface area contributed by atoms with Crippen molar-refractivity contribution < 1.29 is 22.7 Å². The summed E-state index contributed by atoms with van der Waals surface area (Å²) in [6.45, 7) is 2.47. The first-order valence-electron chi connectivity index (χ1n) is 9.74. The number of hydrogen-bond donors (Lipinski definition) is 2. The van der Waals surface area contributed by atoms with Crippen LogP contribution < -0.4 is 16.0 Å². The van der Waals surface area contributed by atoms with Gasteiger partial charge in [-0.15, -0.1) is 0 Å². The van der Waals surface area contributed by atoms with E-state index in [0.29, 0.717) is 11.1 Å². The van der Waals surface area contributed by atoms with Crippen LogP contribution in [-0.2, 0) is 11.2 Å². The summed E-state index contributed by atoms with van der Waals surface area (Å²) in [5, 5.41) is -0.0153. The third-order valence-corrected chi connectivity index (χ3v) is 5.27. The Hall–Kier alpha value is -3.40. The zero-order valence-electron chi connectivity index (χ0n) is 17.7. The summed E-state index contributed by atoms with van der Waals surface area (Å²) in [4.78, 5) is 34.6. The molecular weight excluding hydrogens is 461 g/mol. The van der Waals surface area contributed by atoms with Crippen LogP contribution in [0.4, 0.5) is 13.2 Å². The van der Waals surface area contributed by atoms with E-state index in [4.69, 9.17) is 22.1 Å². The lowest BCUT2D eigenvalue weighted by molar-refractivity contribution is -0.125. The molecule has 3 aromatic rings. The second kappa shape index (κ2) is 9.62. The zero-order chi connectivity index (χ0) is 24.3. The van der Waals surface area contributed by atoms with Gasteiger partial charge >= 0.3 is 0 Å². The Bertz CT molecular complexity index is 1230. The number of alkyl halides is 2. The molecule has 11 heteroatoms. The first-order valence-corrected chi connectivity index (χ1v) is 10.1. The van der Waals surface area contributed by atoms with E-state index in [2.05, 4.69) is 15.0 Å². The van der Waals surface area contributed by atoms with Crippen molar-refractivity contribution in [3.63, 3.8) is 0 Å². The lowest BCUT2D eigenvalue weighted by atomic mass is 9.84. The number of aromatic nitrogens is 3. The van der Waals surface area contributed by atoms with E-state index in [0.717, 1.165) is 6.07 Å². The molecule has 0 atom stereocenters. The van der Waals surface area contributed by atoms with Crippen molar-refractivity contribution in [3.8, 4) is 28.5 Å². The van der Waals surface area contributed by atoms with Gasteiger partial charge < -0.3 is 15.5 Å². The molecule has 0 aliphatic carbocycles. The number of carbonyl (C=O) groups excluding carboxylic acids is 1. The number of ether oxygens (including phenoxy) is 1. The quantitative estimate of drug-likeness (QED) is 0.506. The van der Waals surface area contributed by atoms with Crippen molar-refractivity contribution in [2.45, 2.75) is 26.7 Å². The van der Waals surface area contributed by atoms with Gasteiger partial charge in [-0.3, -0.25) is 9.59 Å². The minimum Gasteiger partial charge on any atom is -0.472 e. The molecule has 33 heavy (non-hydrogen) atoms. The highest BCUT2D eigenvalue weighted by molar-refractivity contribution is 6.34. The van der Waals surface area contributed by atoms with E-state index in [1.54, 1.807) is 13.8 Å². The fourth-order valence-electron chi connectivity index (χ4n) is 3.00. The van der Waals surface area contributed by atoms with Crippen LogP contribution in [0.5, 0.6) is 5.88 Å². The lowest BCUT2D eigenvalue weighted by Gasteiger charge is -2.22. The summed E-state index contributed by atoms with van der Waals surface area (Å²) in [7, 11) is 0. The molecule has 0 saturated carbocycles. The molecule has 2 heterocycles. The second-order valence-corrected chi connectivity index (χ2v) is 8.26. The molecule has 174 valence electrons. The van der Waals surface area contributed by atoms with Crippen LogP contribution in [0.25, 0.3) is 22.6 Å². The maximum absolute atomic E-state index is 14.7. The number of carbonyl (C=O) groups is 1. The minimum absolute atomic E-state index is 0.0153. The van der Waals surface area contributed by atoms with Gasteiger partial charge in [-0.2, -0.15) is 0 Å². The molecule has 0 aliphatic rings. The van der Waals surface area contributed by atoms with Crippen LogP contribution in [0.2, 0.25) is 5.02 Å². The van der Waals surface area contributed by atoms with Crippen molar-refractivity contribution >= 4 is 17.5 Å². The van der Waals surface area contributed by atoms with Crippen LogP contribution in [0.3, 0.4) is 0 Å². The van der Waals surface area contributed by atoms with E-state index < -0.39 is 35.7 Å². The topological polar surface area (TPSA) is 111 Å². The van der Waals surface area contributed by atoms with Gasteiger partial charge in [0.25, 0.3) is 12.0 Å². The number of primary amides is 1. The summed E-state index contributed by atoms with van der Waals surface area (Å²) < 4.78 is 44.1. The third kappa shape index (κ3) is 5.70. The van der Waals surface area contributed by atoms with Gasteiger partial charge in [0.05, 0.1) is 16.3 Å². The molecule has 0 radical (unpaired) electrons. The summed E-state index contributed by atoms with van der Waals surface area (Å²) >= 11 is 6.45. The SMILES string of the molecule is CC(C)(Cc1ccc(F)c(-c2nc(-c3ccc(OCC(F)F)nc3)cc(=O)[nH]2)c1Cl)C(N)=O. The summed E-state index contributed by atoms with van der Waals surface area (Å²) in [5.74, 6) is -1.43. The zero-order valence-corrected chi connectivity index (χ0v) is 18.4. The molecule has 3 N–H and O–H groups in total. The van der Waals surface area contributed by atoms with Crippen LogP contribution in [0.1, 0.15) is 19.4 Å². The van der Waals surface area contributed by atoms with E-state index in [1.165, 1.54) is 30.5 Å². The average Bonchev–Trinajstić information content (AvgIpc) is 2.74. The highest BCUT2D eigenvalue weighted by atomic mass is 35.5. The standard InChI is InChI=1S/C22H20ClF3N4O3/c1-22(2,21(27)32)8-11-3-5-13(24)18(19(11)23)20-29-14(7-16(31)30-20)12-4-6-17(28-9-12)33-10-15(25)26/h3-7,9,15H,8,10H2,1-2H3,(H2,27,32)(H,29,30,31). The number of H-pyrrole nitrogens is 1. The van der Waals surface area contributed by atoms with Crippen LogP contribution in [0, 0.1) is 11.2 Å². The fourth-order valence-corrected chi connectivity index (χ4v) is 3.31. The lowest BCUT2D eigenvalue weighted by Crippen LogP contribution is -2.33. The van der Waals surface area contributed by atoms with Crippen LogP contribution in [0.15, 0.2) is 41.3 Å². The van der Waals surface area contributed by atoms with Crippen molar-refractivity contribution in [2.24, 2.45) is 11.1 Å². The Labute approximate surface area is 191 Å². The van der Waals surface area contributed by atoms with E-state index in [-0.39, 0.29) is 34.4 Å². The average molecular weight is 481 g/mol. The second-order valence-electron chi connectivity index (χ2n) is 7.89. The predicted octanol–water partition coefficient (Wildman–Crippen LogP) is 3.99. The van der Waals surface area contributed by atoms with Crippen molar-refractivity contribution in [3.05, 3.63) is 63.3 Å². The number of pyridine rings is 1. The molecule has 7 nitrogen and oxygen atoms in total. The number of nitrogens with zero attached hydrogens (tertiary/aromatic N) is 2. The highest BCUT2D eigenvalue weighted by Crippen LogP contribution is 2.35. The van der Waals surface area contributed by atoms with Gasteiger partial charge in [-0.25, -0.2) is 23.1 Å². The number of nitrogens with two attached hydrogens (primary N) is 1. The smallest absolute Gasteiger partial charge is 0.272 e. The number of amides is 1. The molecule has 0 unspecified atom stereocenters. The molecule has 0 spiro atoms. The number of nitrogens with one attached hydrogen (secondary N) is 1. The minimum atomic E-state index is -2.65. The Kier molecular flexibility index (Phi) is 7.06. The van der Waals surface area contributed by atoms with Crippen LogP contribution in [-0.4, -0.2) is 33.9 Å². The predicted molar refractivity (Wildman–Crippen MR) is 117 cm³/mol. The van der Waals surface area contributed by atoms with E-state index in [1.807, 2.05) is 0 Å².